The largest absolute Gasteiger partial charge is 0.382 e. The molecule has 0 aliphatic heterocycles. The molecule has 1 saturated carbocycles. The lowest BCUT2D eigenvalue weighted by molar-refractivity contribution is 0.0670. The number of rotatable bonds is 11. The lowest BCUT2D eigenvalue weighted by Crippen LogP contribution is -2.35. The normalized spacial score (nSPS) is 18.3. The lowest BCUT2D eigenvalue weighted by Gasteiger charge is -2.24. The van der Waals surface area contributed by atoms with Gasteiger partial charge < -0.3 is 14.8 Å². The first-order valence-corrected chi connectivity index (χ1v) is 7.68. The molecule has 0 bridgehead atoms. The van der Waals surface area contributed by atoms with Gasteiger partial charge >= 0.3 is 0 Å². The predicted octanol–water partition coefficient (Wildman–Crippen LogP) is 2.99. The van der Waals surface area contributed by atoms with Crippen molar-refractivity contribution in [2.24, 2.45) is 5.92 Å². The molecule has 1 aliphatic rings. The molecule has 0 aromatic rings. The zero-order valence-electron chi connectivity index (χ0n) is 12.2. The number of hydrogen-bond donors (Lipinski definition) is 1. The van der Waals surface area contributed by atoms with Crippen molar-refractivity contribution in [2.75, 3.05) is 33.5 Å². The van der Waals surface area contributed by atoms with Gasteiger partial charge in [-0.05, 0) is 44.6 Å². The van der Waals surface area contributed by atoms with Crippen LogP contribution < -0.4 is 5.32 Å². The maximum absolute atomic E-state index is 5.54. The van der Waals surface area contributed by atoms with Gasteiger partial charge in [-0.2, -0.15) is 0 Å². The third kappa shape index (κ3) is 6.72. The Kier molecular flexibility index (Phi) is 9.54. The molecule has 3 heteroatoms. The predicted molar refractivity (Wildman–Crippen MR) is 76.0 cm³/mol. The van der Waals surface area contributed by atoms with Crippen LogP contribution in [0.2, 0.25) is 0 Å². The molecule has 0 aromatic carbocycles. The summed E-state index contributed by atoms with van der Waals surface area (Å²) in [5.74, 6) is 0.913. The fraction of sp³-hybridized carbons (Fsp3) is 1.00. The second-order valence-electron chi connectivity index (χ2n) is 5.35. The first-order chi connectivity index (χ1) is 8.88. The summed E-state index contributed by atoms with van der Waals surface area (Å²) in [6, 6.07) is 0.721. The molecule has 1 fully saturated rings. The molecule has 0 amide bonds. The Hall–Kier alpha value is -0.120. The van der Waals surface area contributed by atoms with E-state index >= 15 is 0 Å². The van der Waals surface area contributed by atoms with Crippen molar-refractivity contribution < 1.29 is 9.47 Å². The Morgan fingerprint density at radius 2 is 1.94 bits per heavy atom. The van der Waals surface area contributed by atoms with Crippen molar-refractivity contribution in [3.05, 3.63) is 0 Å². The molecule has 0 saturated heterocycles. The number of hydrogen-bond acceptors (Lipinski definition) is 3. The van der Waals surface area contributed by atoms with Crippen molar-refractivity contribution in [3.8, 4) is 0 Å². The van der Waals surface area contributed by atoms with Crippen LogP contribution in [0.15, 0.2) is 0 Å². The van der Waals surface area contributed by atoms with Gasteiger partial charge in [0.2, 0.25) is 0 Å². The third-order valence-corrected chi connectivity index (χ3v) is 3.86. The molecule has 0 spiro atoms. The van der Waals surface area contributed by atoms with Crippen LogP contribution in [0.4, 0.5) is 0 Å². The van der Waals surface area contributed by atoms with Gasteiger partial charge in [0, 0.05) is 19.8 Å². The van der Waals surface area contributed by atoms with Gasteiger partial charge in [0.25, 0.3) is 0 Å². The Morgan fingerprint density at radius 1 is 1.17 bits per heavy atom. The van der Waals surface area contributed by atoms with Crippen LogP contribution in [-0.4, -0.2) is 39.5 Å². The molecular weight excluding hydrogens is 226 g/mol. The summed E-state index contributed by atoms with van der Waals surface area (Å²) in [4.78, 5) is 0. The minimum atomic E-state index is 0.708. The highest BCUT2D eigenvalue weighted by Crippen LogP contribution is 2.29. The van der Waals surface area contributed by atoms with Gasteiger partial charge in [-0.25, -0.2) is 0 Å². The average molecular weight is 257 g/mol. The van der Waals surface area contributed by atoms with Crippen LogP contribution in [0.3, 0.4) is 0 Å². The van der Waals surface area contributed by atoms with Gasteiger partial charge in [-0.15, -0.1) is 0 Å². The molecular formula is C15H31NO2. The van der Waals surface area contributed by atoms with E-state index < -0.39 is 0 Å². The van der Waals surface area contributed by atoms with E-state index in [0.29, 0.717) is 6.61 Å². The molecule has 3 nitrogen and oxygen atoms in total. The van der Waals surface area contributed by atoms with E-state index in [4.69, 9.17) is 9.47 Å². The van der Waals surface area contributed by atoms with Gasteiger partial charge in [-0.1, -0.05) is 19.8 Å². The molecule has 1 aliphatic carbocycles. The van der Waals surface area contributed by atoms with Crippen molar-refractivity contribution in [1.82, 2.24) is 5.32 Å². The summed E-state index contributed by atoms with van der Waals surface area (Å²) in [5.41, 5.74) is 0. The van der Waals surface area contributed by atoms with Gasteiger partial charge in [0.05, 0.1) is 13.2 Å². The highest BCUT2D eigenvalue weighted by Gasteiger charge is 2.23. The molecule has 0 aromatic heterocycles. The van der Waals surface area contributed by atoms with Crippen LogP contribution in [0.1, 0.15) is 51.9 Å². The zero-order chi connectivity index (χ0) is 13.1. The summed E-state index contributed by atoms with van der Waals surface area (Å²) >= 11 is 0. The summed E-state index contributed by atoms with van der Waals surface area (Å²) in [6.07, 6.45) is 9.36. The molecule has 1 rings (SSSR count). The minimum absolute atomic E-state index is 0.708. The first-order valence-electron chi connectivity index (χ1n) is 7.68. The van der Waals surface area contributed by atoms with Crippen molar-refractivity contribution in [2.45, 2.75) is 57.9 Å². The quantitative estimate of drug-likeness (QED) is 0.577. The monoisotopic (exact) mass is 257 g/mol. The number of ether oxygens (including phenoxy) is 2. The van der Waals surface area contributed by atoms with Crippen LogP contribution in [-0.2, 0) is 9.47 Å². The Morgan fingerprint density at radius 3 is 2.61 bits per heavy atom. The maximum Gasteiger partial charge on any atom is 0.0700 e. The van der Waals surface area contributed by atoms with Gasteiger partial charge in [0.1, 0.15) is 0 Å². The van der Waals surface area contributed by atoms with E-state index in [9.17, 15) is 0 Å². The van der Waals surface area contributed by atoms with E-state index in [-0.39, 0.29) is 0 Å². The summed E-state index contributed by atoms with van der Waals surface area (Å²) in [7, 11) is 1.72. The van der Waals surface area contributed by atoms with Crippen LogP contribution in [0.5, 0.6) is 0 Å². The van der Waals surface area contributed by atoms with E-state index in [1.54, 1.807) is 7.11 Å². The second-order valence-corrected chi connectivity index (χ2v) is 5.35. The fourth-order valence-electron chi connectivity index (χ4n) is 2.84. The standard InChI is InChI=1S/C15H31NO2/c1-3-10-16-15(14-7-4-5-8-14)9-6-11-18-13-12-17-2/h14-16H,3-13H2,1-2H3. The summed E-state index contributed by atoms with van der Waals surface area (Å²) in [5, 5.41) is 3.73. The SMILES string of the molecule is CCCNC(CCCOCCOC)C1CCCC1. The Balaban J connectivity index is 2.11. The van der Waals surface area contributed by atoms with Crippen LogP contribution in [0.25, 0.3) is 0 Å². The van der Waals surface area contributed by atoms with E-state index in [1.807, 2.05) is 0 Å². The van der Waals surface area contributed by atoms with E-state index in [1.165, 1.54) is 44.9 Å². The fourth-order valence-corrected chi connectivity index (χ4v) is 2.84. The summed E-state index contributed by atoms with van der Waals surface area (Å²) in [6.45, 7) is 5.71. The lowest BCUT2D eigenvalue weighted by atomic mass is 9.94. The Labute approximate surface area is 113 Å². The first kappa shape index (κ1) is 15.9. The number of nitrogens with one attached hydrogen (secondary N) is 1. The van der Waals surface area contributed by atoms with E-state index in [0.717, 1.165) is 31.7 Å². The smallest absolute Gasteiger partial charge is 0.0700 e. The second kappa shape index (κ2) is 10.8. The molecule has 1 atom stereocenters. The maximum atomic E-state index is 5.54. The van der Waals surface area contributed by atoms with Gasteiger partial charge in [-0.3, -0.25) is 0 Å². The van der Waals surface area contributed by atoms with Crippen LogP contribution in [0, 0.1) is 5.92 Å². The molecule has 0 radical (unpaired) electrons. The minimum Gasteiger partial charge on any atom is -0.382 e. The average Bonchev–Trinajstić information content (AvgIpc) is 2.91. The Bertz CT molecular complexity index is 181. The summed E-state index contributed by atoms with van der Waals surface area (Å²) < 4.78 is 10.5. The van der Waals surface area contributed by atoms with Crippen LogP contribution >= 0.6 is 0 Å². The van der Waals surface area contributed by atoms with Gasteiger partial charge in [0.15, 0.2) is 0 Å². The molecule has 0 heterocycles. The van der Waals surface area contributed by atoms with E-state index in [2.05, 4.69) is 12.2 Å². The topological polar surface area (TPSA) is 30.5 Å². The van der Waals surface area contributed by atoms with Crippen molar-refractivity contribution in [1.29, 1.82) is 0 Å². The zero-order valence-corrected chi connectivity index (χ0v) is 12.2. The number of methoxy groups -OCH3 is 1. The molecule has 1 unspecified atom stereocenters. The molecule has 1 N–H and O–H groups in total. The van der Waals surface area contributed by atoms with Crippen molar-refractivity contribution in [3.63, 3.8) is 0 Å². The molecule has 108 valence electrons. The third-order valence-electron chi connectivity index (χ3n) is 3.86. The van der Waals surface area contributed by atoms with Crippen molar-refractivity contribution >= 4 is 0 Å². The highest BCUT2D eigenvalue weighted by atomic mass is 16.5. The molecule has 18 heavy (non-hydrogen) atoms. The highest BCUT2D eigenvalue weighted by molar-refractivity contribution is 4.80.